The molecule has 3 aromatic rings. The van der Waals surface area contributed by atoms with Crippen LogP contribution in [-0.2, 0) is 4.79 Å². The Morgan fingerprint density at radius 3 is 2.82 bits per heavy atom. The van der Waals surface area contributed by atoms with E-state index in [4.69, 9.17) is 9.72 Å². The van der Waals surface area contributed by atoms with Gasteiger partial charge in [0.1, 0.15) is 5.75 Å². The van der Waals surface area contributed by atoms with Crippen LogP contribution in [0.2, 0.25) is 0 Å². The number of nitrogens with zero attached hydrogens (tertiary/aromatic N) is 4. The molecule has 0 bridgehead atoms. The molecule has 1 saturated heterocycles. The maximum absolute atomic E-state index is 12.1. The molecule has 1 N–H and O–H groups in total. The van der Waals surface area contributed by atoms with Crippen molar-refractivity contribution >= 4 is 44.4 Å². The van der Waals surface area contributed by atoms with Crippen molar-refractivity contribution < 1.29 is 14.5 Å². The zero-order valence-corrected chi connectivity index (χ0v) is 19.1. The molecule has 2 heterocycles. The second kappa shape index (κ2) is 10.4. The van der Waals surface area contributed by atoms with Crippen LogP contribution in [-0.4, -0.2) is 67.1 Å². The van der Waals surface area contributed by atoms with Crippen LogP contribution in [0.3, 0.4) is 0 Å². The van der Waals surface area contributed by atoms with Crippen LogP contribution in [0.25, 0.3) is 16.3 Å². The standard InChI is InChI=1S/C23H25N5O4S/c1-32-19-6-7-20-21(16-19)33-23(25-20)27-13-11-26(12-14-27)10-9-24-22(29)8-5-17-3-2-4-18(15-17)28(30)31/h2-8,15-16H,9-14H2,1H3,(H,24,29)/b8-5+. The Labute approximate surface area is 195 Å². The highest BCUT2D eigenvalue weighted by Crippen LogP contribution is 2.31. The number of carbonyl (C=O) groups is 1. The number of hydrogen-bond donors (Lipinski definition) is 1. The molecule has 0 aliphatic carbocycles. The Kier molecular flexibility index (Phi) is 7.16. The summed E-state index contributed by atoms with van der Waals surface area (Å²) in [6.07, 6.45) is 2.98. The number of anilines is 1. The fourth-order valence-corrected chi connectivity index (χ4v) is 4.67. The topological polar surface area (TPSA) is 101 Å². The molecule has 4 rings (SSSR count). The van der Waals surface area contributed by atoms with Crippen molar-refractivity contribution in [3.63, 3.8) is 0 Å². The number of piperazine rings is 1. The molecule has 33 heavy (non-hydrogen) atoms. The van der Waals surface area contributed by atoms with Crippen molar-refractivity contribution in [1.29, 1.82) is 0 Å². The molecule has 0 spiro atoms. The van der Waals surface area contributed by atoms with Crippen LogP contribution >= 0.6 is 11.3 Å². The van der Waals surface area contributed by atoms with Crippen LogP contribution in [0, 0.1) is 10.1 Å². The molecule has 1 aliphatic rings. The molecule has 172 valence electrons. The summed E-state index contributed by atoms with van der Waals surface area (Å²) in [4.78, 5) is 31.8. The first-order valence-electron chi connectivity index (χ1n) is 10.6. The molecule has 0 radical (unpaired) electrons. The Hall–Kier alpha value is -3.50. The molecule has 2 aromatic carbocycles. The van der Waals surface area contributed by atoms with Crippen molar-refractivity contribution in [1.82, 2.24) is 15.2 Å². The number of nitro groups is 1. The van der Waals surface area contributed by atoms with E-state index in [9.17, 15) is 14.9 Å². The summed E-state index contributed by atoms with van der Waals surface area (Å²) in [6.45, 7) is 4.88. The quantitative estimate of drug-likeness (QED) is 0.308. The van der Waals surface area contributed by atoms with Gasteiger partial charge in [0.2, 0.25) is 5.91 Å². The monoisotopic (exact) mass is 467 g/mol. The predicted octanol–water partition coefficient (Wildman–Crippen LogP) is 3.16. The van der Waals surface area contributed by atoms with Crippen molar-refractivity contribution in [3.05, 3.63) is 64.2 Å². The highest BCUT2D eigenvalue weighted by Gasteiger charge is 2.19. The molecular weight excluding hydrogens is 442 g/mol. The van der Waals surface area contributed by atoms with Crippen molar-refractivity contribution in [2.24, 2.45) is 0 Å². The lowest BCUT2D eigenvalue weighted by atomic mass is 10.2. The van der Waals surface area contributed by atoms with Gasteiger partial charge in [0.05, 0.1) is 22.2 Å². The first kappa shape index (κ1) is 22.7. The zero-order chi connectivity index (χ0) is 23.2. The molecule has 1 aromatic heterocycles. The summed E-state index contributed by atoms with van der Waals surface area (Å²) < 4.78 is 6.41. The highest BCUT2D eigenvalue weighted by molar-refractivity contribution is 7.22. The van der Waals surface area contributed by atoms with Gasteiger partial charge in [0, 0.05) is 57.5 Å². The molecule has 1 fully saturated rings. The predicted molar refractivity (Wildman–Crippen MR) is 130 cm³/mol. The van der Waals surface area contributed by atoms with Gasteiger partial charge in [-0.05, 0) is 29.8 Å². The van der Waals surface area contributed by atoms with Crippen LogP contribution < -0.4 is 15.0 Å². The van der Waals surface area contributed by atoms with E-state index in [0.717, 1.165) is 53.8 Å². The van der Waals surface area contributed by atoms with Crippen LogP contribution in [0.5, 0.6) is 5.75 Å². The Bertz CT molecular complexity index is 1170. The lowest BCUT2D eigenvalue weighted by Gasteiger charge is -2.34. The molecular formula is C23H25N5O4S. The number of non-ortho nitro benzene ring substituents is 1. The fraction of sp³-hybridized carbons (Fsp3) is 0.304. The second-order valence-corrected chi connectivity index (χ2v) is 8.64. The summed E-state index contributed by atoms with van der Waals surface area (Å²) in [6, 6.07) is 12.1. The highest BCUT2D eigenvalue weighted by atomic mass is 32.1. The SMILES string of the molecule is COc1ccc2nc(N3CCN(CCNC(=O)/C=C/c4cccc([N+](=O)[O-])c4)CC3)sc2c1. The lowest BCUT2D eigenvalue weighted by Crippen LogP contribution is -2.48. The Morgan fingerprint density at radius 2 is 2.06 bits per heavy atom. The number of hydrogen-bond acceptors (Lipinski definition) is 8. The van der Waals surface area contributed by atoms with E-state index in [1.807, 2.05) is 18.2 Å². The van der Waals surface area contributed by atoms with Crippen LogP contribution in [0.15, 0.2) is 48.5 Å². The molecule has 1 amide bonds. The van der Waals surface area contributed by atoms with E-state index in [-0.39, 0.29) is 11.6 Å². The molecule has 0 unspecified atom stereocenters. The van der Waals surface area contributed by atoms with E-state index in [1.165, 1.54) is 18.2 Å². The third-order valence-electron chi connectivity index (χ3n) is 5.46. The minimum Gasteiger partial charge on any atom is -0.497 e. The number of ether oxygens (including phenoxy) is 1. The molecule has 1 aliphatic heterocycles. The van der Waals surface area contributed by atoms with Gasteiger partial charge in [-0.25, -0.2) is 4.98 Å². The summed E-state index contributed by atoms with van der Waals surface area (Å²) in [5.74, 6) is 0.620. The van der Waals surface area contributed by atoms with Gasteiger partial charge in [-0.3, -0.25) is 19.8 Å². The number of aromatic nitrogens is 1. The van der Waals surface area contributed by atoms with Gasteiger partial charge in [-0.2, -0.15) is 0 Å². The zero-order valence-electron chi connectivity index (χ0n) is 18.3. The van der Waals surface area contributed by atoms with E-state index in [1.54, 1.807) is 36.7 Å². The van der Waals surface area contributed by atoms with Gasteiger partial charge in [-0.1, -0.05) is 23.5 Å². The normalized spacial score (nSPS) is 14.6. The average molecular weight is 468 g/mol. The third-order valence-corrected chi connectivity index (χ3v) is 6.54. The Balaban J connectivity index is 1.21. The van der Waals surface area contributed by atoms with Gasteiger partial charge in [-0.15, -0.1) is 0 Å². The summed E-state index contributed by atoms with van der Waals surface area (Å²) in [5, 5.41) is 14.7. The maximum Gasteiger partial charge on any atom is 0.270 e. The number of nitro benzene ring substituents is 1. The maximum atomic E-state index is 12.1. The number of thiazole rings is 1. The number of carbonyl (C=O) groups excluding carboxylic acids is 1. The van der Waals surface area contributed by atoms with E-state index in [2.05, 4.69) is 15.1 Å². The van der Waals surface area contributed by atoms with E-state index < -0.39 is 4.92 Å². The molecule has 0 saturated carbocycles. The number of amides is 1. The number of methoxy groups -OCH3 is 1. The van der Waals surface area contributed by atoms with Gasteiger partial charge < -0.3 is 15.0 Å². The minimum absolute atomic E-state index is 0.00211. The Morgan fingerprint density at radius 1 is 1.24 bits per heavy atom. The van der Waals surface area contributed by atoms with Crippen molar-refractivity contribution in [3.8, 4) is 5.75 Å². The number of rotatable bonds is 8. The third kappa shape index (κ3) is 5.85. The first-order valence-corrected chi connectivity index (χ1v) is 11.5. The van der Waals surface area contributed by atoms with Gasteiger partial charge >= 0.3 is 0 Å². The van der Waals surface area contributed by atoms with E-state index in [0.29, 0.717) is 12.1 Å². The summed E-state index contributed by atoms with van der Waals surface area (Å²) >= 11 is 1.68. The molecule has 9 nitrogen and oxygen atoms in total. The van der Waals surface area contributed by atoms with Gasteiger partial charge in [0.15, 0.2) is 5.13 Å². The van der Waals surface area contributed by atoms with Crippen molar-refractivity contribution in [2.45, 2.75) is 0 Å². The average Bonchev–Trinajstić information content (AvgIpc) is 3.26. The van der Waals surface area contributed by atoms with Crippen LogP contribution in [0.4, 0.5) is 10.8 Å². The fourth-order valence-electron chi connectivity index (χ4n) is 3.63. The number of nitrogens with one attached hydrogen (secondary N) is 1. The number of fused-ring (bicyclic) bond motifs is 1. The summed E-state index contributed by atoms with van der Waals surface area (Å²) in [5.41, 5.74) is 1.60. The van der Waals surface area contributed by atoms with Gasteiger partial charge in [0.25, 0.3) is 5.69 Å². The second-order valence-electron chi connectivity index (χ2n) is 7.64. The van der Waals surface area contributed by atoms with Crippen molar-refractivity contribution in [2.75, 3.05) is 51.3 Å². The largest absolute Gasteiger partial charge is 0.497 e. The van der Waals surface area contributed by atoms with E-state index >= 15 is 0 Å². The number of benzene rings is 2. The first-order chi connectivity index (χ1) is 16.0. The molecule has 10 heteroatoms. The smallest absolute Gasteiger partial charge is 0.270 e. The lowest BCUT2D eigenvalue weighted by molar-refractivity contribution is -0.384. The molecule has 0 atom stereocenters. The minimum atomic E-state index is -0.453. The van der Waals surface area contributed by atoms with Crippen LogP contribution in [0.1, 0.15) is 5.56 Å². The summed E-state index contributed by atoms with van der Waals surface area (Å²) in [7, 11) is 1.67.